The van der Waals surface area contributed by atoms with Gasteiger partial charge in [-0.05, 0) is 31.7 Å². The Hall–Kier alpha value is -0.610. The Morgan fingerprint density at radius 3 is 2.50 bits per heavy atom. The van der Waals surface area contributed by atoms with Crippen LogP contribution in [-0.2, 0) is 4.79 Å². The largest absolute Gasteiger partial charge is 0.355 e. The lowest BCUT2D eigenvalue weighted by atomic mass is 9.84. The molecule has 0 radical (unpaired) electrons. The van der Waals surface area contributed by atoms with Crippen LogP contribution in [0, 0.1) is 11.3 Å². The molecule has 1 amide bonds. The van der Waals surface area contributed by atoms with Crippen molar-refractivity contribution in [2.45, 2.75) is 46.1 Å². The van der Waals surface area contributed by atoms with E-state index in [1.165, 1.54) is 12.8 Å². The van der Waals surface area contributed by atoms with Crippen LogP contribution < -0.4 is 11.1 Å². The van der Waals surface area contributed by atoms with Gasteiger partial charge in [0.25, 0.3) is 0 Å². The van der Waals surface area contributed by atoms with E-state index in [0.717, 1.165) is 25.6 Å². The fraction of sp³-hybridized carbons (Fsp3) is 0.929. The number of carbonyl (C=O) groups is 1. The number of amides is 1. The van der Waals surface area contributed by atoms with E-state index in [-0.39, 0.29) is 17.2 Å². The highest BCUT2D eigenvalue weighted by molar-refractivity contribution is 5.78. The van der Waals surface area contributed by atoms with Crippen molar-refractivity contribution in [3.05, 3.63) is 0 Å². The third kappa shape index (κ3) is 5.83. The van der Waals surface area contributed by atoms with Crippen LogP contribution in [0.4, 0.5) is 0 Å². The first kappa shape index (κ1) is 15.4. The quantitative estimate of drug-likeness (QED) is 0.719. The van der Waals surface area contributed by atoms with Crippen molar-refractivity contribution in [2.24, 2.45) is 17.1 Å². The van der Waals surface area contributed by atoms with Gasteiger partial charge >= 0.3 is 0 Å². The van der Waals surface area contributed by atoms with E-state index < -0.39 is 0 Å². The molecule has 1 unspecified atom stereocenters. The molecule has 106 valence electrons. The summed E-state index contributed by atoms with van der Waals surface area (Å²) in [7, 11) is 2.12. The van der Waals surface area contributed by atoms with Gasteiger partial charge in [0.1, 0.15) is 0 Å². The van der Waals surface area contributed by atoms with Crippen LogP contribution in [0.2, 0.25) is 0 Å². The predicted molar refractivity (Wildman–Crippen MR) is 75.3 cm³/mol. The summed E-state index contributed by atoms with van der Waals surface area (Å²) in [6.07, 6.45) is 3.45. The van der Waals surface area contributed by atoms with E-state index >= 15 is 0 Å². The van der Waals surface area contributed by atoms with Gasteiger partial charge in [0.15, 0.2) is 0 Å². The van der Waals surface area contributed by atoms with Crippen molar-refractivity contribution in [3.8, 4) is 0 Å². The molecule has 0 heterocycles. The zero-order valence-electron chi connectivity index (χ0n) is 12.3. The number of hydrogen-bond donors (Lipinski definition) is 2. The lowest BCUT2D eigenvalue weighted by Crippen LogP contribution is -2.40. The highest BCUT2D eigenvalue weighted by Crippen LogP contribution is 2.25. The molecule has 3 N–H and O–H groups in total. The lowest BCUT2D eigenvalue weighted by Gasteiger charge is -2.24. The molecule has 0 aliphatic heterocycles. The highest BCUT2D eigenvalue weighted by atomic mass is 16.1. The zero-order chi connectivity index (χ0) is 13.8. The summed E-state index contributed by atoms with van der Waals surface area (Å²) in [5.41, 5.74) is 5.84. The van der Waals surface area contributed by atoms with E-state index in [0.29, 0.717) is 6.54 Å². The predicted octanol–water partition coefficient (Wildman–Crippen LogP) is 1.21. The average Bonchev–Trinajstić information content (AvgIpc) is 3.07. The minimum absolute atomic E-state index is 0.0590. The number of likely N-dealkylation sites (N-methyl/N-ethyl adjacent to an activating group) is 1. The molecule has 18 heavy (non-hydrogen) atoms. The Morgan fingerprint density at radius 2 is 2.06 bits per heavy atom. The molecule has 4 nitrogen and oxygen atoms in total. The molecule has 1 fully saturated rings. The fourth-order valence-corrected chi connectivity index (χ4v) is 2.22. The van der Waals surface area contributed by atoms with E-state index in [1.54, 1.807) is 0 Å². The van der Waals surface area contributed by atoms with Crippen LogP contribution in [0.25, 0.3) is 0 Å². The molecule has 1 aliphatic carbocycles. The molecule has 1 saturated carbocycles. The van der Waals surface area contributed by atoms with Crippen molar-refractivity contribution in [3.63, 3.8) is 0 Å². The second-order valence-corrected chi connectivity index (χ2v) is 6.70. The van der Waals surface area contributed by atoms with Gasteiger partial charge < -0.3 is 16.0 Å². The topological polar surface area (TPSA) is 58.4 Å². The third-order valence-electron chi connectivity index (χ3n) is 3.45. The molecule has 0 spiro atoms. The van der Waals surface area contributed by atoms with Crippen LogP contribution in [0.1, 0.15) is 40.0 Å². The molecule has 0 saturated heterocycles. The minimum atomic E-state index is -0.0590. The third-order valence-corrected chi connectivity index (χ3v) is 3.45. The number of rotatable bonds is 7. The summed E-state index contributed by atoms with van der Waals surface area (Å²) in [6.45, 7) is 8.52. The fourth-order valence-electron chi connectivity index (χ4n) is 2.22. The van der Waals surface area contributed by atoms with Crippen LogP contribution in [0.5, 0.6) is 0 Å². The normalized spacial score (nSPS) is 17.9. The Kier molecular flexibility index (Phi) is 5.60. The summed E-state index contributed by atoms with van der Waals surface area (Å²) in [6, 6.07) is 0.752. The van der Waals surface area contributed by atoms with Crippen LogP contribution >= 0.6 is 0 Å². The molecule has 1 aliphatic rings. The van der Waals surface area contributed by atoms with Gasteiger partial charge in [-0.15, -0.1) is 0 Å². The summed E-state index contributed by atoms with van der Waals surface area (Å²) < 4.78 is 0. The van der Waals surface area contributed by atoms with Gasteiger partial charge in [0.2, 0.25) is 5.91 Å². The van der Waals surface area contributed by atoms with Crippen LogP contribution in [0.3, 0.4) is 0 Å². The first-order chi connectivity index (χ1) is 8.33. The minimum Gasteiger partial charge on any atom is -0.355 e. The first-order valence-electron chi connectivity index (χ1n) is 7.01. The Morgan fingerprint density at radius 1 is 1.44 bits per heavy atom. The van der Waals surface area contributed by atoms with Crippen LogP contribution in [-0.4, -0.2) is 43.5 Å². The maximum atomic E-state index is 12.0. The van der Waals surface area contributed by atoms with Crippen molar-refractivity contribution < 1.29 is 4.79 Å². The van der Waals surface area contributed by atoms with E-state index in [9.17, 15) is 4.79 Å². The van der Waals surface area contributed by atoms with Gasteiger partial charge in [-0.1, -0.05) is 20.8 Å². The van der Waals surface area contributed by atoms with E-state index in [2.05, 4.69) is 38.0 Å². The van der Waals surface area contributed by atoms with Gasteiger partial charge in [-0.2, -0.15) is 0 Å². The number of nitrogens with two attached hydrogens (primary N) is 1. The molecule has 0 aromatic carbocycles. The smallest absolute Gasteiger partial charge is 0.224 e. The molecule has 0 aromatic rings. The maximum absolute atomic E-state index is 12.0. The van der Waals surface area contributed by atoms with Crippen molar-refractivity contribution in [1.82, 2.24) is 10.2 Å². The van der Waals surface area contributed by atoms with Crippen molar-refractivity contribution in [1.29, 1.82) is 0 Å². The van der Waals surface area contributed by atoms with Crippen molar-refractivity contribution in [2.75, 3.05) is 26.7 Å². The number of nitrogens with zero attached hydrogens (tertiary/aromatic N) is 1. The Labute approximate surface area is 111 Å². The SMILES string of the molecule is CN(CCNC(=O)C(CN)CC(C)(C)C)C1CC1. The second kappa shape index (κ2) is 6.53. The van der Waals surface area contributed by atoms with Crippen LogP contribution in [0.15, 0.2) is 0 Å². The summed E-state index contributed by atoms with van der Waals surface area (Å²) in [5, 5.41) is 3.01. The molecule has 4 heteroatoms. The maximum Gasteiger partial charge on any atom is 0.224 e. The molecule has 0 aromatic heterocycles. The van der Waals surface area contributed by atoms with Gasteiger partial charge in [-0.25, -0.2) is 0 Å². The standard InChI is InChI=1S/C14H29N3O/c1-14(2,3)9-11(10-15)13(18)16-7-8-17(4)12-5-6-12/h11-12H,5-10,15H2,1-4H3,(H,16,18). The summed E-state index contributed by atoms with van der Waals surface area (Å²) in [5.74, 6) is 0.0489. The first-order valence-corrected chi connectivity index (χ1v) is 7.01. The van der Waals surface area contributed by atoms with E-state index in [4.69, 9.17) is 5.73 Å². The Bertz CT molecular complexity index is 269. The van der Waals surface area contributed by atoms with Crippen molar-refractivity contribution >= 4 is 5.91 Å². The van der Waals surface area contributed by atoms with Gasteiger partial charge in [0, 0.05) is 25.7 Å². The molecular weight excluding hydrogens is 226 g/mol. The monoisotopic (exact) mass is 255 g/mol. The Balaban J connectivity index is 2.24. The highest BCUT2D eigenvalue weighted by Gasteiger charge is 2.26. The molecule has 0 bridgehead atoms. The number of carbonyl (C=O) groups excluding carboxylic acids is 1. The summed E-state index contributed by atoms with van der Waals surface area (Å²) >= 11 is 0. The van der Waals surface area contributed by atoms with Gasteiger partial charge in [0.05, 0.1) is 5.92 Å². The number of hydrogen-bond acceptors (Lipinski definition) is 3. The number of nitrogens with one attached hydrogen (secondary N) is 1. The average molecular weight is 255 g/mol. The van der Waals surface area contributed by atoms with E-state index in [1.807, 2.05) is 0 Å². The molecular formula is C14H29N3O. The molecule has 1 atom stereocenters. The molecule has 1 rings (SSSR count). The summed E-state index contributed by atoms with van der Waals surface area (Å²) in [4.78, 5) is 14.3. The lowest BCUT2D eigenvalue weighted by molar-refractivity contribution is -0.125. The van der Waals surface area contributed by atoms with Gasteiger partial charge in [-0.3, -0.25) is 4.79 Å². The second-order valence-electron chi connectivity index (χ2n) is 6.70. The zero-order valence-corrected chi connectivity index (χ0v) is 12.3.